The molecule has 0 aromatic rings. The Balaban J connectivity index is 3.39. The number of carbonyl (C=O) groups is 1. The molecular weight excluding hydrogens is 198 g/mol. The average Bonchev–Trinajstić information content (AvgIpc) is 2.14. The van der Waals surface area contributed by atoms with Crippen LogP contribution >= 0.6 is 12.6 Å². The van der Waals surface area contributed by atoms with E-state index in [-0.39, 0.29) is 0 Å². The molecule has 3 nitrogen and oxygen atoms in total. The second kappa shape index (κ2) is 8.12. The van der Waals surface area contributed by atoms with E-state index < -0.39 is 12.0 Å². The Morgan fingerprint density at radius 1 is 1.36 bits per heavy atom. The van der Waals surface area contributed by atoms with E-state index in [0.29, 0.717) is 11.7 Å². The number of carboxylic acids is 1. The van der Waals surface area contributed by atoms with Crippen molar-refractivity contribution in [2.45, 2.75) is 56.7 Å². The third kappa shape index (κ3) is 7.21. The van der Waals surface area contributed by atoms with Crippen LogP contribution in [0.25, 0.3) is 0 Å². The molecule has 0 aromatic heterocycles. The van der Waals surface area contributed by atoms with Gasteiger partial charge in [-0.2, -0.15) is 12.6 Å². The van der Waals surface area contributed by atoms with E-state index in [2.05, 4.69) is 19.6 Å². The van der Waals surface area contributed by atoms with Gasteiger partial charge in [0, 0.05) is 5.25 Å². The fraction of sp³-hybridized carbons (Fsp3) is 0.900. The Hall–Kier alpha value is -0.220. The minimum Gasteiger partial charge on any atom is -0.480 e. The van der Waals surface area contributed by atoms with Crippen LogP contribution in [0.5, 0.6) is 0 Å². The predicted octanol–water partition coefficient (Wildman–Crippen LogP) is 2.06. The summed E-state index contributed by atoms with van der Waals surface area (Å²) in [5, 5.41) is 8.94. The fourth-order valence-corrected chi connectivity index (χ4v) is 1.65. The van der Waals surface area contributed by atoms with Crippen molar-refractivity contribution in [1.82, 2.24) is 0 Å². The monoisotopic (exact) mass is 219 g/mol. The quantitative estimate of drug-likeness (QED) is 0.547. The predicted molar refractivity (Wildman–Crippen MR) is 61.8 cm³/mol. The van der Waals surface area contributed by atoms with E-state index in [0.717, 1.165) is 19.3 Å². The van der Waals surface area contributed by atoms with Crippen LogP contribution in [0.2, 0.25) is 0 Å². The van der Waals surface area contributed by atoms with Crippen LogP contribution in [0.15, 0.2) is 0 Å². The first kappa shape index (κ1) is 13.8. The third-order valence-corrected chi connectivity index (χ3v) is 2.78. The maximum Gasteiger partial charge on any atom is 0.320 e. The molecular formula is C10H21NO2S. The maximum atomic E-state index is 10.4. The Bertz CT molecular complexity index is 164. The molecule has 4 heteroatoms. The Morgan fingerprint density at radius 2 is 1.93 bits per heavy atom. The molecule has 0 rings (SSSR count). The van der Waals surface area contributed by atoms with E-state index in [9.17, 15) is 4.79 Å². The van der Waals surface area contributed by atoms with Gasteiger partial charge in [-0.1, -0.05) is 26.2 Å². The number of carboxylic acid groups (broad SMARTS) is 1. The van der Waals surface area contributed by atoms with E-state index in [4.69, 9.17) is 10.8 Å². The van der Waals surface area contributed by atoms with Crippen LogP contribution in [-0.2, 0) is 4.79 Å². The van der Waals surface area contributed by atoms with Crippen molar-refractivity contribution in [3.63, 3.8) is 0 Å². The minimum absolute atomic E-state index is 0.399. The molecule has 0 fully saturated rings. The highest BCUT2D eigenvalue weighted by Crippen LogP contribution is 2.14. The largest absolute Gasteiger partial charge is 0.480 e. The molecule has 0 radical (unpaired) electrons. The number of rotatable bonds is 8. The van der Waals surface area contributed by atoms with Crippen molar-refractivity contribution in [3.8, 4) is 0 Å². The smallest absolute Gasteiger partial charge is 0.320 e. The fourth-order valence-electron chi connectivity index (χ4n) is 1.28. The Labute approximate surface area is 91.5 Å². The molecule has 0 heterocycles. The molecule has 0 spiro atoms. The van der Waals surface area contributed by atoms with Crippen LogP contribution in [0.3, 0.4) is 0 Å². The van der Waals surface area contributed by atoms with Crippen LogP contribution in [0, 0.1) is 0 Å². The lowest BCUT2D eigenvalue weighted by atomic mass is 10.1. The lowest BCUT2D eigenvalue weighted by Crippen LogP contribution is -2.29. The zero-order valence-corrected chi connectivity index (χ0v) is 9.67. The summed E-state index contributed by atoms with van der Waals surface area (Å²) in [4.78, 5) is 10.4. The van der Waals surface area contributed by atoms with E-state index >= 15 is 0 Å². The second-order valence-corrected chi connectivity index (χ2v) is 4.40. The summed E-state index contributed by atoms with van der Waals surface area (Å²) >= 11 is 4.43. The van der Waals surface area contributed by atoms with Gasteiger partial charge in [-0.25, -0.2) is 0 Å². The molecule has 0 aliphatic rings. The van der Waals surface area contributed by atoms with Crippen molar-refractivity contribution in [1.29, 1.82) is 0 Å². The summed E-state index contributed by atoms with van der Waals surface area (Å²) in [6, 6.07) is -0.707. The molecule has 3 N–H and O–H groups in total. The van der Waals surface area contributed by atoms with E-state index in [1.807, 2.05) is 0 Å². The van der Waals surface area contributed by atoms with Gasteiger partial charge < -0.3 is 10.8 Å². The number of hydrogen-bond acceptors (Lipinski definition) is 3. The van der Waals surface area contributed by atoms with Gasteiger partial charge in [-0.3, -0.25) is 4.79 Å². The summed E-state index contributed by atoms with van der Waals surface area (Å²) in [5.41, 5.74) is 5.38. The highest BCUT2D eigenvalue weighted by Gasteiger charge is 2.11. The Morgan fingerprint density at radius 3 is 2.43 bits per heavy atom. The first-order chi connectivity index (χ1) is 6.57. The number of unbranched alkanes of at least 4 members (excludes halogenated alkanes) is 1. The molecule has 2 atom stereocenters. The first-order valence-electron chi connectivity index (χ1n) is 5.24. The summed E-state index contributed by atoms with van der Waals surface area (Å²) in [6.45, 7) is 2.15. The molecule has 0 amide bonds. The van der Waals surface area contributed by atoms with Crippen LogP contribution in [-0.4, -0.2) is 22.4 Å². The normalized spacial score (nSPS) is 15.1. The second-order valence-electron chi connectivity index (χ2n) is 3.67. The van der Waals surface area contributed by atoms with Gasteiger partial charge in [0.25, 0.3) is 0 Å². The SMILES string of the molecule is CCCCC(S)CCCC(N)C(=O)O. The van der Waals surface area contributed by atoms with Gasteiger partial charge >= 0.3 is 5.97 Å². The third-order valence-electron chi connectivity index (χ3n) is 2.26. The zero-order chi connectivity index (χ0) is 11.0. The van der Waals surface area contributed by atoms with E-state index in [1.54, 1.807) is 0 Å². The highest BCUT2D eigenvalue weighted by molar-refractivity contribution is 7.80. The number of hydrogen-bond donors (Lipinski definition) is 3. The minimum atomic E-state index is -0.908. The summed E-state index contributed by atoms with van der Waals surface area (Å²) in [6.07, 6.45) is 5.86. The summed E-state index contributed by atoms with van der Waals surface area (Å²) < 4.78 is 0. The van der Waals surface area contributed by atoms with Crippen molar-refractivity contribution >= 4 is 18.6 Å². The van der Waals surface area contributed by atoms with Crippen LogP contribution in [0.4, 0.5) is 0 Å². The maximum absolute atomic E-state index is 10.4. The molecule has 84 valence electrons. The van der Waals surface area contributed by atoms with Gasteiger partial charge in [-0.05, 0) is 19.3 Å². The molecule has 0 saturated carbocycles. The number of aliphatic carboxylic acids is 1. The topological polar surface area (TPSA) is 63.3 Å². The number of nitrogens with two attached hydrogens (primary N) is 1. The molecule has 0 aliphatic carbocycles. The lowest BCUT2D eigenvalue weighted by molar-refractivity contribution is -0.138. The molecule has 0 saturated heterocycles. The standard InChI is InChI=1S/C10H21NO2S/c1-2-3-5-8(14)6-4-7-9(11)10(12)13/h8-9,14H,2-7,11H2,1H3,(H,12,13). The van der Waals surface area contributed by atoms with Crippen molar-refractivity contribution in [2.75, 3.05) is 0 Å². The molecule has 2 unspecified atom stereocenters. The molecule has 0 aromatic carbocycles. The Kier molecular flexibility index (Phi) is 7.99. The number of thiol groups is 1. The van der Waals surface area contributed by atoms with Gasteiger partial charge in [0.05, 0.1) is 0 Å². The van der Waals surface area contributed by atoms with Crippen molar-refractivity contribution < 1.29 is 9.90 Å². The first-order valence-corrected chi connectivity index (χ1v) is 5.76. The van der Waals surface area contributed by atoms with Gasteiger partial charge in [0.15, 0.2) is 0 Å². The lowest BCUT2D eigenvalue weighted by Gasteiger charge is -2.10. The highest BCUT2D eigenvalue weighted by atomic mass is 32.1. The van der Waals surface area contributed by atoms with Crippen molar-refractivity contribution in [3.05, 3.63) is 0 Å². The van der Waals surface area contributed by atoms with Crippen molar-refractivity contribution in [2.24, 2.45) is 5.73 Å². The van der Waals surface area contributed by atoms with Crippen LogP contribution < -0.4 is 5.73 Å². The van der Waals surface area contributed by atoms with E-state index in [1.165, 1.54) is 12.8 Å². The molecule has 14 heavy (non-hydrogen) atoms. The van der Waals surface area contributed by atoms with Gasteiger partial charge in [0.2, 0.25) is 0 Å². The van der Waals surface area contributed by atoms with Gasteiger partial charge in [0.1, 0.15) is 6.04 Å². The zero-order valence-electron chi connectivity index (χ0n) is 8.78. The summed E-state index contributed by atoms with van der Waals surface area (Å²) in [5.74, 6) is -0.908. The van der Waals surface area contributed by atoms with Crippen LogP contribution in [0.1, 0.15) is 45.4 Å². The molecule has 0 aliphatic heterocycles. The summed E-state index contributed by atoms with van der Waals surface area (Å²) in [7, 11) is 0. The molecule has 0 bridgehead atoms. The average molecular weight is 219 g/mol. The van der Waals surface area contributed by atoms with Gasteiger partial charge in [-0.15, -0.1) is 0 Å².